The lowest BCUT2D eigenvalue weighted by atomic mass is 9.79. The van der Waals surface area contributed by atoms with Crippen LogP contribution in [0, 0.1) is 11.8 Å². The molecule has 1 aliphatic carbocycles. The van der Waals surface area contributed by atoms with Gasteiger partial charge in [-0.3, -0.25) is 9.59 Å². The van der Waals surface area contributed by atoms with E-state index in [0.717, 1.165) is 19.3 Å². The number of benzene rings is 1. The number of carboxylic acid groups (broad SMARTS) is 1. The molecule has 1 aromatic carbocycles. The molecule has 5 nitrogen and oxygen atoms in total. The van der Waals surface area contributed by atoms with E-state index in [2.05, 4.69) is 5.32 Å². The third-order valence-corrected chi connectivity index (χ3v) is 3.90. The number of carboxylic acids is 1. The fourth-order valence-corrected chi connectivity index (χ4v) is 2.78. The number of nitrogens with one attached hydrogen (secondary N) is 1. The normalized spacial score (nSPS) is 22.2. The second-order valence-corrected chi connectivity index (χ2v) is 5.32. The maximum atomic E-state index is 12.0. The topological polar surface area (TPSA) is 92.4 Å². The highest BCUT2D eigenvalue weighted by molar-refractivity contribution is 5.95. The van der Waals surface area contributed by atoms with Crippen LogP contribution in [-0.2, 0) is 4.79 Å². The van der Waals surface area contributed by atoms with E-state index >= 15 is 0 Å². The molecule has 20 heavy (non-hydrogen) atoms. The van der Waals surface area contributed by atoms with Crippen molar-refractivity contribution in [1.29, 1.82) is 0 Å². The van der Waals surface area contributed by atoms with Crippen molar-refractivity contribution < 1.29 is 14.7 Å². The van der Waals surface area contributed by atoms with E-state index in [1.54, 1.807) is 24.3 Å². The minimum Gasteiger partial charge on any atom is -0.481 e. The van der Waals surface area contributed by atoms with Crippen LogP contribution in [0.1, 0.15) is 36.0 Å². The van der Waals surface area contributed by atoms with Gasteiger partial charge in [-0.25, -0.2) is 0 Å². The summed E-state index contributed by atoms with van der Waals surface area (Å²) in [4.78, 5) is 23.2. The van der Waals surface area contributed by atoms with Crippen molar-refractivity contribution in [3.63, 3.8) is 0 Å². The Morgan fingerprint density at radius 1 is 1.30 bits per heavy atom. The largest absolute Gasteiger partial charge is 0.481 e. The molecule has 1 aromatic rings. The van der Waals surface area contributed by atoms with Gasteiger partial charge in [-0.2, -0.15) is 0 Å². The predicted molar refractivity (Wildman–Crippen MR) is 76.3 cm³/mol. The maximum absolute atomic E-state index is 12.0. The molecular weight excluding hydrogens is 256 g/mol. The van der Waals surface area contributed by atoms with Crippen LogP contribution in [0.4, 0.5) is 5.69 Å². The summed E-state index contributed by atoms with van der Waals surface area (Å²) in [6.07, 6.45) is 3.54. The molecule has 0 spiro atoms. The van der Waals surface area contributed by atoms with Crippen LogP contribution < -0.4 is 11.1 Å². The number of anilines is 1. The Kier molecular flexibility index (Phi) is 4.61. The van der Waals surface area contributed by atoms with Gasteiger partial charge in [-0.1, -0.05) is 18.9 Å². The molecule has 0 aliphatic heterocycles. The Morgan fingerprint density at radius 2 is 2.05 bits per heavy atom. The Morgan fingerprint density at radius 3 is 2.75 bits per heavy atom. The molecule has 2 unspecified atom stereocenters. The van der Waals surface area contributed by atoms with Gasteiger partial charge < -0.3 is 16.2 Å². The molecule has 1 aliphatic rings. The third-order valence-electron chi connectivity index (χ3n) is 3.90. The Labute approximate surface area is 118 Å². The van der Waals surface area contributed by atoms with Gasteiger partial charge in [0.2, 0.25) is 0 Å². The first-order chi connectivity index (χ1) is 9.58. The number of aliphatic carboxylic acids is 1. The van der Waals surface area contributed by atoms with Gasteiger partial charge in [0.25, 0.3) is 5.91 Å². The van der Waals surface area contributed by atoms with Crippen molar-refractivity contribution in [2.45, 2.75) is 25.7 Å². The summed E-state index contributed by atoms with van der Waals surface area (Å²) in [5.74, 6) is -1.28. The van der Waals surface area contributed by atoms with Crippen molar-refractivity contribution in [3.8, 4) is 0 Å². The summed E-state index contributed by atoms with van der Waals surface area (Å²) in [7, 11) is 0. The molecule has 5 heteroatoms. The average Bonchev–Trinajstić information content (AvgIpc) is 2.45. The van der Waals surface area contributed by atoms with E-state index in [1.807, 2.05) is 0 Å². The molecular formula is C15H20N2O3. The lowest BCUT2D eigenvalue weighted by Gasteiger charge is -2.28. The number of nitrogens with two attached hydrogens (primary N) is 1. The second-order valence-electron chi connectivity index (χ2n) is 5.32. The van der Waals surface area contributed by atoms with Gasteiger partial charge in [0, 0.05) is 17.8 Å². The zero-order valence-corrected chi connectivity index (χ0v) is 11.3. The molecule has 1 fully saturated rings. The quantitative estimate of drug-likeness (QED) is 0.732. The van der Waals surface area contributed by atoms with Crippen LogP contribution in [0.25, 0.3) is 0 Å². The molecule has 2 rings (SSSR count). The van der Waals surface area contributed by atoms with Crippen LogP contribution >= 0.6 is 0 Å². The van der Waals surface area contributed by atoms with Gasteiger partial charge in [-0.05, 0) is 37.0 Å². The SMILES string of the molecule is Nc1cccc(C(=O)NCC2CCCCC2C(=O)O)c1. The van der Waals surface area contributed by atoms with Gasteiger partial charge in [0.05, 0.1) is 5.92 Å². The lowest BCUT2D eigenvalue weighted by Crippen LogP contribution is -2.37. The van der Waals surface area contributed by atoms with E-state index < -0.39 is 5.97 Å². The first kappa shape index (κ1) is 14.4. The van der Waals surface area contributed by atoms with Crippen LogP contribution in [-0.4, -0.2) is 23.5 Å². The third kappa shape index (κ3) is 3.50. The predicted octanol–water partition coefficient (Wildman–Crippen LogP) is 1.89. The molecule has 2 atom stereocenters. The molecule has 1 saturated carbocycles. The first-order valence-electron chi connectivity index (χ1n) is 6.94. The smallest absolute Gasteiger partial charge is 0.306 e. The Balaban J connectivity index is 1.93. The monoisotopic (exact) mass is 276 g/mol. The zero-order chi connectivity index (χ0) is 14.5. The van der Waals surface area contributed by atoms with E-state index in [-0.39, 0.29) is 17.7 Å². The minimum atomic E-state index is -0.757. The first-order valence-corrected chi connectivity index (χ1v) is 6.94. The van der Waals surface area contributed by atoms with Crippen molar-refractivity contribution in [3.05, 3.63) is 29.8 Å². The molecule has 1 amide bonds. The highest BCUT2D eigenvalue weighted by Crippen LogP contribution is 2.29. The van der Waals surface area contributed by atoms with Crippen LogP contribution in [0.15, 0.2) is 24.3 Å². The van der Waals surface area contributed by atoms with Crippen LogP contribution in [0.2, 0.25) is 0 Å². The molecule has 0 saturated heterocycles. The summed E-state index contributed by atoms with van der Waals surface area (Å²) in [5, 5.41) is 12.0. The summed E-state index contributed by atoms with van der Waals surface area (Å²) in [6.45, 7) is 0.407. The maximum Gasteiger partial charge on any atom is 0.306 e. The van der Waals surface area contributed by atoms with Crippen molar-refractivity contribution in [1.82, 2.24) is 5.32 Å². The van der Waals surface area contributed by atoms with Gasteiger partial charge >= 0.3 is 5.97 Å². The molecule has 0 aromatic heterocycles. The fraction of sp³-hybridized carbons (Fsp3) is 0.467. The van der Waals surface area contributed by atoms with Gasteiger partial charge in [-0.15, -0.1) is 0 Å². The van der Waals surface area contributed by atoms with Gasteiger partial charge in [0.1, 0.15) is 0 Å². The number of hydrogen-bond donors (Lipinski definition) is 3. The summed E-state index contributed by atoms with van der Waals surface area (Å²) < 4.78 is 0. The molecule has 0 bridgehead atoms. The highest BCUT2D eigenvalue weighted by Gasteiger charge is 2.30. The average molecular weight is 276 g/mol. The van der Waals surface area contributed by atoms with E-state index in [0.29, 0.717) is 24.2 Å². The summed E-state index contributed by atoms with van der Waals surface area (Å²) in [5.41, 5.74) is 6.69. The number of rotatable bonds is 4. The molecule has 0 heterocycles. The summed E-state index contributed by atoms with van der Waals surface area (Å²) in [6, 6.07) is 6.76. The lowest BCUT2D eigenvalue weighted by molar-refractivity contribution is -0.144. The summed E-state index contributed by atoms with van der Waals surface area (Å²) >= 11 is 0. The molecule has 108 valence electrons. The number of carbonyl (C=O) groups excluding carboxylic acids is 1. The minimum absolute atomic E-state index is 0.0197. The Hall–Kier alpha value is -2.04. The van der Waals surface area contributed by atoms with Crippen LogP contribution in [0.5, 0.6) is 0 Å². The highest BCUT2D eigenvalue weighted by atomic mass is 16.4. The number of hydrogen-bond acceptors (Lipinski definition) is 3. The van der Waals surface area contributed by atoms with Crippen molar-refractivity contribution >= 4 is 17.6 Å². The number of amides is 1. The molecule has 4 N–H and O–H groups in total. The van der Waals surface area contributed by atoms with E-state index in [1.165, 1.54) is 0 Å². The Bertz CT molecular complexity index is 502. The zero-order valence-electron chi connectivity index (χ0n) is 11.3. The van der Waals surface area contributed by atoms with Crippen molar-refractivity contribution in [2.24, 2.45) is 11.8 Å². The van der Waals surface area contributed by atoms with Crippen LogP contribution in [0.3, 0.4) is 0 Å². The second kappa shape index (κ2) is 6.41. The van der Waals surface area contributed by atoms with Crippen molar-refractivity contribution in [2.75, 3.05) is 12.3 Å². The van der Waals surface area contributed by atoms with Gasteiger partial charge in [0.15, 0.2) is 0 Å². The fourth-order valence-electron chi connectivity index (χ4n) is 2.78. The van der Waals surface area contributed by atoms with E-state index in [4.69, 9.17) is 5.73 Å². The van der Waals surface area contributed by atoms with E-state index in [9.17, 15) is 14.7 Å². The standard InChI is InChI=1S/C15H20N2O3/c16-12-6-3-5-10(8-12)14(18)17-9-11-4-1-2-7-13(11)15(19)20/h3,5-6,8,11,13H,1-2,4,7,9,16H2,(H,17,18)(H,19,20). The number of carbonyl (C=O) groups is 2. The number of nitrogen functional groups attached to an aromatic ring is 1. The molecule has 0 radical (unpaired) electrons.